The highest BCUT2D eigenvalue weighted by molar-refractivity contribution is 5.86. The fourth-order valence-electron chi connectivity index (χ4n) is 3.45. The normalized spacial score (nSPS) is 15.2. The molecule has 3 aromatic rings. The molecule has 27 heavy (non-hydrogen) atoms. The van der Waals surface area contributed by atoms with Crippen molar-refractivity contribution in [2.45, 2.75) is 32.2 Å². The molecule has 0 spiro atoms. The minimum Gasteiger partial charge on any atom is -0.356 e. The van der Waals surface area contributed by atoms with Gasteiger partial charge in [0.05, 0.1) is 6.42 Å². The van der Waals surface area contributed by atoms with Crippen LogP contribution in [-0.2, 0) is 11.2 Å². The van der Waals surface area contributed by atoms with Crippen molar-refractivity contribution in [1.29, 1.82) is 0 Å². The second kappa shape index (κ2) is 7.22. The average Bonchev–Trinajstić information content (AvgIpc) is 3.04. The van der Waals surface area contributed by atoms with E-state index in [1.165, 1.54) is 6.07 Å². The maximum absolute atomic E-state index is 12.4. The number of fused-ring (bicyclic) bond motifs is 1. The smallest absolute Gasteiger partial charge is 0.252 e. The number of H-pyrrole nitrogens is 1. The van der Waals surface area contributed by atoms with Crippen molar-refractivity contribution in [2.75, 3.05) is 18.0 Å². The fraction of sp³-hybridized carbons (Fsp3) is 0.368. The van der Waals surface area contributed by atoms with Gasteiger partial charge in [0, 0.05) is 36.3 Å². The Hall–Kier alpha value is -3.16. The Morgan fingerprint density at radius 2 is 2.11 bits per heavy atom. The minimum atomic E-state index is -0.146. The molecule has 0 aliphatic carbocycles. The first-order valence-electron chi connectivity index (χ1n) is 9.04. The van der Waals surface area contributed by atoms with Crippen LogP contribution in [0.5, 0.6) is 0 Å². The summed E-state index contributed by atoms with van der Waals surface area (Å²) in [5.74, 6) is 0.536. The van der Waals surface area contributed by atoms with Gasteiger partial charge in [-0.2, -0.15) is 0 Å². The van der Waals surface area contributed by atoms with Crippen LogP contribution >= 0.6 is 0 Å². The van der Waals surface area contributed by atoms with Crippen LogP contribution in [0.15, 0.2) is 39.6 Å². The Kier molecular flexibility index (Phi) is 4.62. The molecule has 1 saturated heterocycles. The van der Waals surface area contributed by atoms with Crippen molar-refractivity contribution in [3.05, 3.63) is 52.1 Å². The molecule has 140 valence electrons. The number of carbonyl (C=O) groups excluding carboxylic acids is 1. The Morgan fingerprint density at radius 1 is 1.33 bits per heavy atom. The predicted molar refractivity (Wildman–Crippen MR) is 101 cm³/mol. The molecule has 0 bridgehead atoms. The van der Waals surface area contributed by atoms with Gasteiger partial charge in [-0.05, 0) is 31.9 Å². The van der Waals surface area contributed by atoms with Crippen molar-refractivity contribution in [1.82, 2.24) is 20.4 Å². The lowest BCUT2D eigenvalue weighted by atomic mass is 10.0. The van der Waals surface area contributed by atoms with E-state index >= 15 is 0 Å². The Bertz CT molecular complexity index is 1020. The summed E-state index contributed by atoms with van der Waals surface area (Å²) in [4.78, 5) is 33.2. The van der Waals surface area contributed by atoms with Gasteiger partial charge in [0.1, 0.15) is 5.69 Å². The number of piperidine rings is 1. The number of hydrogen-bond donors (Lipinski definition) is 2. The van der Waals surface area contributed by atoms with E-state index in [-0.39, 0.29) is 23.9 Å². The van der Waals surface area contributed by atoms with Gasteiger partial charge in [-0.3, -0.25) is 14.6 Å². The fourth-order valence-corrected chi connectivity index (χ4v) is 3.45. The summed E-state index contributed by atoms with van der Waals surface area (Å²) in [5.41, 5.74) is 1.90. The summed E-state index contributed by atoms with van der Waals surface area (Å²) in [6.45, 7) is 3.26. The van der Waals surface area contributed by atoms with Crippen molar-refractivity contribution in [2.24, 2.45) is 0 Å². The zero-order chi connectivity index (χ0) is 18.8. The topological polar surface area (TPSA) is 104 Å². The van der Waals surface area contributed by atoms with Crippen LogP contribution in [0.25, 0.3) is 11.0 Å². The SMILES string of the molecule is Cc1cc(=O)[nH]c(N2CCC(NC(=O)Cc3noc4ccccc34)CC2)n1. The lowest BCUT2D eigenvalue weighted by Crippen LogP contribution is -2.45. The van der Waals surface area contributed by atoms with Crippen molar-refractivity contribution < 1.29 is 9.32 Å². The number of anilines is 1. The van der Waals surface area contributed by atoms with Crippen LogP contribution in [0, 0.1) is 6.92 Å². The largest absolute Gasteiger partial charge is 0.356 e. The van der Waals surface area contributed by atoms with Crippen LogP contribution < -0.4 is 15.8 Å². The maximum Gasteiger partial charge on any atom is 0.252 e. The molecule has 8 heteroatoms. The molecule has 0 saturated carbocycles. The summed E-state index contributed by atoms with van der Waals surface area (Å²) < 4.78 is 5.25. The first-order valence-corrected chi connectivity index (χ1v) is 9.04. The van der Waals surface area contributed by atoms with E-state index < -0.39 is 0 Å². The molecule has 3 heterocycles. The molecule has 1 aromatic carbocycles. The number of benzene rings is 1. The number of amides is 1. The third-order valence-electron chi connectivity index (χ3n) is 4.80. The van der Waals surface area contributed by atoms with E-state index in [4.69, 9.17) is 4.52 Å². The Labute approximate surface area is 155 Å². The number of aromatic amines is 1. The lowest BCUT2D eigenvalue weighted by Gasteiger charge is -2.32. The number of hydrogen-bond acceptors (Lipinski definition) is 6. The molecule has 4 rings (SSSR count). The van der Waals surface area contributed by atoms with Gasteiger partial charge >= 0.3 is 0 Å². The molecular weight excluding hydrogens is 346 g/mol. The third kappa shape index (κ3) is 3.84. The first-order chi connectivity index (χ1) is 13.1. The molecule has 0 atom stereocenters. The first kappa shape index (κ1) is 17.3. The molecular formula is C19H21N5O3. The van der Waals surface area contributed by atoms with Gasteiger partial charge in [-0.1, -0.05) is 17.3 Å². The molecule has 1 amide bonds. The molecule has 8 nitrogen and oxygen atoms in total. The monoisotopic (exact) mass is 367 g/mol. The number of nitrogens with one attached hydrogen (secondary N) is 2. The molecule has 2 aromatic heterocycles. The minimum absolute atomic E-state index is 0.0606. The number of aromatic nitrogens is 3. The van der Waals surface area contributed by atoms with E-state index in [0.29, 0.717) is 22.9 Å². The predicted octanol–water partition coefficient (Wildman–Crippen LogP) is 1.55. The maximum atomic E-state index is 12.4. The van der Waals surface area contributed by atoms with Gasteiger partial charge in [0.15, 0.2) is 5.58 Å². The van der Waals surface area contributed by atoms with Crippen molar-refractivity contribution >= 4 is 22.8 Å². The number of aryl methyl sites for hydroxylation is 1. The number of rotatable bonds is 4. The number of carbonyl (C=O) groups is 1. The third-order valence-corrected chi connectivity index (χ3v) is 4.80. The Balaban J connectivity index is 1.33. The molecule has 0 unspecified atom stereocenters. The van der Waals surface area contributed by atoms with E-state index in [9.17, 15) is 9.59 Å². The Morgan fingerprint density at radius 3 is 2.89 bits per heavy atom. The summed E-state index contributed by atoms with van der Waals surface area (Å²) in [6, 6.07) is 9.10. The average molecular weight is 367 g/mol. The van der Waals surface area contributed by atoms with E-state index in [2.05, 4.69) is 20.4 Å². The number of nitrogens with zero attached hydrogens (tertiary/aromatic N) is 3. The second-order valence-electron chi connectivity index (χ2n) is 6.84. The quantitative estimate of drug-likeness (QED) is 0.725. The summed E-state index contributed by atoms with van der Waals surface area (Å²) in [7, 11) is 0. The van der Waals surface area contributed by atoms with Crippen molar-refractivity contribution in [3.8, 4) is 0 Å². The van der Waals surface area contributed by atoms with E-state index in [0.717, 1.165) is 31.3 Å². The summed E-state index contributed by atoms with van der Waals surface area (Å²) in [5, 5.41) is 7.96. The zero-order valence-corrected chi connectivity index (χ0v) is 15.1. The number of para-hydroxylation sites is 1. The van der Waals surface area contributed by atoms with Gasteiger partial charge in [-0.15, -0.1) is 0 Å². The highest BCUT2D eigenvalue weighted by Crippen LogP contribution is 2.19. The van der Waals surface area contributed by atoms with Gasteiger partial charge in [0.25, 0.3) is 5.56 Å². The van der Waals surface area contributed by atoms with E-state index in [1.807, 2.05) is 29.2 Å². The second-order valence-corrected chi connectivity index (χ2v) is 6.84. The van der Waals surface area contributed by atoms with Gasteiger partial charge in [0.2, 0.25) is 11.9 Å². The molecule has 0 radical (unpaired) electrons. The molecule has 1 aliphatic heterocycles. The zero-order valence-electron chi connectivity index (χ0n) is 15.1. The van der Waals surface area contributed by atoms with Crippen LogP contribution in [0.3, 0.4) is 0 Å². The van der Waals surface area contributed by atoms with Gasteiger partial charge in [-0.25, -0.2) is 4.98 Å². The van der Waals surface area contributed by atoms with Crippen molar-refractivity contribution in [3.63, 3.8) is 0 Å². The standard InChI is InChI=1S/C19H21N5O3/c1-12-10-17(25)22-19(20-12)24-8-6-13(7-9-24)21-18(26)11-15-14-4-2-3-5-16(14)27-23-15/h2-5,10,13H,6-9,11H2,1H3,(H,21,26)(H,20,22,25). The highest BCUT2D eigenvalue weighted by atomic mass is 16.5. The van der Waals surface area contributed by atoms with Crippen LogP contribution in [0.4, 0.5) is 5.95 Å². The highest BCUT2D eigenvalue weighted by Gasteiger charge is 2.23. The van der Waals surface area contributed by atoms with Crippen LogP contribution in [-0.4, -0.2) is 40.2 Å². The summed E-state index contributed by atoms with van der Waals surface area (Å²) >= 11 is 0. The van der Waals surface area contributed by atoms with Crippen LogP contribution in [0.2, 0.25) is 0 Å². The van der Waals surface area contributed by atoms with E-state index in [1.54, 1.807) is 6.92 Å². The van der Waals surface area contributed by atoms with Crippen LogP contribution in [0.1, 0.15) is 24.2 Å². The molecule has 2 N–H and O–H groups in total. The van der Waals surface area contributed by atoms with Gasteiger partial charge < -0.3 is 14.7 Å². The molecule has 1 aliphatic rings. The lowest BCUT2D eigenvalue weighted by molar-refractivity contribution is -0.121. The summed E-state index contributed by atoms with van der Waals surface area (Å²) in [6.07, 6.45) is 1.79. The molecule has 1 fully saturated rings.